The quantitative estimate of drug-likeness (QED) is 0.887. The van der Waals surface area contributed by atoms with Crippen LogP contribution in [0.5, 0.6) is 0 Å². The first-order chi connectivity index (χ1) is 9.20. The lowest BCUT2D eigenvalue weighted by atomic mass is 9.96. The number of aromatic nitrogens is 2. The van der Waals surface area contributed by atoms with E-state index in [9.17, 15) is 4.79 Å². The Morgan fingerprint density at radius 2 is 2.11 bits per heavy atom. The van der Waals surface area contributed by atoms with Crippen LogP contribution in [-0.4, -0.2) is 47.0 Å². The SMILES string of the molecule is CCNCC1CCN(C(=O)c2cnc(C)cn2)CC1. The normalized spacial score (nSPS) is 16.6. The molecule has 0 aliphatic carbocycles. The standard InChI is InChI=1S/C14H22N4O/c1-3-15-9-12-4-6-18(7-5-12)14(19)13-10-16-11(2)8-17-13/h8,10,12,15H,3-7,9H2,1-2H3. The lowest BCUT2D eigenvalue weighted by molar-refractivity contribution is 0.0684. The van der Waals surface area contributed by atoms with E-state index in [2.05, 4.69) is 22.2 Å². The molecule has 1 saturated heterocycles. The molecule has 1 aromatic rings. The van der Waals surface area contributed by atoms with Crippen molar-refractivity contribution in [2.75, 3.05) is 26.2 Å². The molecule has 0 spiro atoms. The molecule has 0 atom stereocenters. The lowest BCUT2D eigenvalue weighted by Gasteiger charge is -2.31. The summed E-state index contributed by atoms with van der Waals surface area (Å²) < 4.78 is 0. The van der Waals surface area contributed by atoms with Crippen LogP contribution in [0.4, 0.5) is 0 Å². The maximum atomic E-state index is 12.2. The van der Waals surface area contributed by atoms with E-state index in [4.69, 9.17) is 0 Å². The fourth-order valence-corrected chi connectivity index (χ4v) is 2.35. The first-order valence-electron chi connectivity index (χ1n) is 6.99. The smallest absolute Gasteiger partial charge is 0.274 e. The van der Waals surface area contributed by atoms with Gasteiger partial charge in [-0.15, -0.1) is 0 Å². The van der Waals surface area contributed by atoms with Crippen molar-refractivity contribution in [2.24, 2.45) is 5.92 Å². The van der Waals surface area contributed by atoms with E-state index in [1.807, 2.05) is 11.8 Å². The Hall–Kier alpha value is -1.49. The number of amides is 1. The van der Waals surface area contributed by atoms with Crippen LogP contribution < -0.4 is 5.32 Å². The Kier molecular flexibility index (Phi) is 4.85. The number of hydrogen-bond acceptors (Lipinski definition) is 4. The predicted octanol–water partition coefficient (Wildman–Crippen LogP) is 1.25. The molecule has 19 heavy (non-hydrogen) atoms. The maximum absolute atomic E-state index is 12.2. The van der Waals surface area contributed by atoms with Gasteiger partial charge in [-0.1, -0.05) is 6.92 Å². The first-order valence-corrected chi connectivity index (χ1v) is 6.99. The number of nitrogens with zero attached hydrogens (tertiary/aromatic N) is 3. The molecule has 2 rings (SSSR count). The third kappa shape index (κ3) is 3.73. The van der Waals surface area contributed by atoms with Crippen LogP contribution >= 0.6 is 0 Å². The van der Waals surface area contributed by atoms with Gasteiger partial charge in [0.25, 0.3) is 5.91 Å². The number of nitrogens with one attached hydrogen (secondary N) is 1. The molecule has 1 N–H and O–H groups in total. The number of hydrogen-bond donors (Lipinski definition) is 1. The van der Waals surface area contributed by atoms with Crippen molar-refractivity contribution in [1.29, 1.82) is 0 Å². The second kappa shape index (κ2) is 6.61. The van der Waals surface area contributed by atoms with Gasteiger partial charge in [0.15, 0.2) is 0 Å². The van der Waals surface area contributed by atoms with Gasteiger partial charge in [0, 0.05) is 19.3 Å². The number of carbonyl (C=O) groups excluding carboxylic acids is 1. The van der Waals surface area contributed by atoms with E-state index in [1.54, 1.807) is 12.4 Å². The van der Waals surface area contributed by atoms with Crippen LogP contribution in [-0.2, 0) is 0 Å². The van der Waals surface area contributed by atoms with Crippen LogP contribution in [0, 0.1) is 12.8 Å². The van der Waals surface area contributed by atoms with Crippen molar-refractivity contribution >= 4 is 5.91 Å². The van der Waals surface area contributed by atoms with E-state index in [0.717, 1.165) is 44.7 Å². The van der Waals surface area contributed by atoms with Crippen LogP contribution in [0.1, 0.15) is 35.9 Å². The summed E-state index contributed by atoms with van der Waals surface area (Å²) in [6, 6.07) is 0. The molecule has 1 fully saturated rings. The second-order valence-corrected chi connectivity index (χ2v) is 5.09. The van der Waals surface area contributed by atoms with E-state index in [1.165, 1.54) is 0 Å². The van der Waals surface area contributed by atoms with Gasteiger partial charge in [-0.05, 0) is 38.8 Å². The van der Waals surface area contributed by atoms with Crippen molar-refractivity contribution in [1.82, 2.24) is 20.2 Å². The van der Waals surface area contributed by atoms with E-state index in [0.29, 0.717) is 11.6 Å². The molecule has 0 unspecified atom stereocenters. The molecule has 0 bridgehead atoms. The zero-order chi connectivity index (χ0) is 13.7. The Morgan fingerprint density at radius 1 is 1.37 bits per heavy atom. The number of aryl methyl sites for hydroxylation is 1. The molecule has 1 amide bonds. The minimum Gasteiger partial charge on any atom is -0.337 e. The van der Waals surface area contributed by atoms with Gasteiger partial charge < -0.3 is 10.2 Å². The van der Waals surface area contributed by atoms with Gasteiger partial charge >= 0.3 is 0 Å². The van der Waals surface area contributed by atoms with Gasteiger partial charge in [-0.2, -0.15) is 0 Å². The van der Waals surface area contributed by atoms with E-state index in [-0.39, 0.29) is 5.91 Å². The average Bonchev–Trinajstić information content (AvgIpc) is 2.46. The fourth-order valence-electron chi connectivity index (χ4n) is 2.35. The molecule has 2 heterocycles. The highest BCUT2D eigenvalue weighted by Gasteiger charge is 2.24. The number of piperidine rings is 1. The summed E-state index contributed by atoms with van der Waals surface area (Å²) in [4.78, 5) is 22.4. The fraction of sp³-hybridized carbons (Fsp3) is 0.643. The molecule has 0 radical (unpaired) electrons. The van der Waals surface area contributed by atoms with Crippen molar-refractivity contribution in [3.8, 4) is 0 Å². The largest absolute Gasteiger partial charge is 0.337 e. The average molecular weight is 262 g/mol. The molecule has 0 saturated carbocycles. The summed E-state index contributed by atoms with van der Waals surface area (Å²) in [5.41, 5.74) is 1.29. The Bertz CT molecular complexity index is 410. The van der Waals surface area contributed by atoms with Crippen LogP contribution in [0.3, 0.4) is 0 Å². The highest BCUT2D eigenvalue weighted by molar-refractivity contribution is 5.92. The summed E-state index contributed by atoms with van der Waals surface area (Å²) >= 11 is 0. The van der Waals surface area contributed by atoms with Crippen LogP contribution in [0.2, 0.25) is 0 Å². The minimum absolute atomic E-state index is 0.00870. The van der Waals surface area contributed by atoms with Gasteiger partial charge in [0.2, 0.25) is 0 Å². The molecule has 0 aromatic carbocycles. The Labute approximate surface area is 114 Å². The summed E-state index contributed by atoms with van der Waals surface area (Å²) in [7, 11) is 0. The van der Waals surface area contributed by atoms with E-state index >= 15 is 0 Å². The maximum Gasteiger partial charge on any atom is 0.274 e. The van der Waals surface area contributed by atoms with Crippen molar-refractivity contribution in [3.63, 3.8) is 0 Å². The number of carbonyl (C=O) groups is 1. The molecular formula is C14H22N4O. The number of likely N-dealkylation sites (tertiary alicyclic amines) is 1. The third-order valence-corrected chi connectivity index (χ3v) is 3.58. The van der Waals surface area contributed by atoms with Crippen molar-refractivity contribution in [2.45, 2.75) is 26.7 Å². The molecule has 104 valence electrons. The van der Waals surface area contributed by atoms with Gasteiger partial charge in [-0.25, -0.2) is 4.98 Å². The topological polar surface area (TPSA) is 58.1 Å². The summed E-state index contributed by atoms with van der Waals surface area (Å²) in [5.74, 6) is 0.697. The zero-order valence-electron chi connectivity index (χ0n) is 11.7. The third-order valence-electron chi connectivity index (χ3n) is 3.58. The van der Waals surface area contributed by atoms with Gasteiger partial charge in [0.05, 0.1) is 11.9 Å². The summed E-state index contributed by atoms with van der Waals surface area (Å²) in [5, 5.41) is 3.37. The molecule has 1 aromatic heterocycles. The summed E-state index contributed by atoms with van der Waals surface area (Å²) in [6.07, 6.45) is 5.35. The van der Waals surface area contributed by atoms with Crippen molar-refractivity contribution < 1.29 is 4.79 Å². The van der Waals surface area contributed by atoms with Crippen LogP contribution in [0.25, 0.3) is 0 Å². The Balaban J connectivity index is 1.87. The molecule has 1 aliphatic rings. The Morgan fingerprint density at radius 3 is 2.68 bits per heavy atom. The predicted molar refractivity (Wildman–Crippen MR) is 73.9 cm³/mol. The molecule has 5 heteroatoms. The minimum atomic E-state index is 0.00870. The monoisotopic (exact) mass is 262 g/mol. The van der Waals surface area contributed by atoms with Crippen LogP contribution in [0.15, 0.2) is 12.4 Å². The second-order valence-electron chi connectivity index (χ2n) is 5.09. The van der Waals surface area contributed by atoms with Gasteiger partial charge in [0.1, 0.15) is 5.69 Å². The van der Waals surface area contributed by atoms with Crippen molar-refractivity contribution in [3.05, 3.63) is 23.8 Å². The zero-order valence-corrected chi connectivity index (χ0v) is 11.7. The highest BCUT2D eigenvalue weighted by Crippen LogP contribution is 2.17. The highest BCUT2D eigenvalue weighted by atomic mass is 16.2. The number of rotatable bonds is 4. The first kappa shape index (κ1) is 13.9. The van der Waals surface area contributed by atoms with E-state index < -0.39 is 0 Å². The van der Waals surface area contributed by atoms with Gasteiger partial charge in [-0.3, -0.25) is 9.78 Å². The lowest BCUT2D eigenvalue weighted by Crippen LogP contribution is -2.41. The molecule has 1 aliphatic heterocycles. The molecular weight excluding hydrogens is 240 g/mol. The molecule has 5 nitrogen and oxygen atoms in total. The summed E-state index contributed by atoms with van der Waals surface area (Å²) in [6.45, 7) is 7.71.